The van der Waals surface area contributed by atoms with Gasteiger partial charge in [0.05, 0.1) is 17.4 Å². The number of halogens is 1. The highest BCUT2D eigenvalue weighted by atomic mass is 19.1. The molecule has 21 heavy (non-hydrogen) atoms. The maximum atomic E-state index is 12.9. The van der Waals surface area contributed by atoms with Crippen molar-refractivity contribution in [1.29, 1.82) is 0 Å². The largest absolute Gasteiger partial charge is 0.321 e. The Morgan fingerprint density at radius 1 is 1.24 bits per heavy atom. The topological polar surface area (TPSA) is 46.9 Å². The molecule has 3 rings (SSSR count). The molecule has 1 aromatic heterocycles. The molecule has 3 aromatic rings. The van der Waals surface area contributed by atoms with Crippen LogP contribution in [-0.2, 0) is 6.54 Å². The van der Waals surface area contributed by atoms with Crippen LogP contribution < -0.4 is 5.32 Å². The molecule has 1 heterocycles. The van der Waals surface area contributed by atoms with Gasteiger partial charge in [-0.3, -0.25) is 9.48 Å². The third-order valence-corrected chi connectivity index (χ3v) is 3.34. The lowest BCUT2D eigenvalue weighted by Crippen LogP contribution is -2.12. The minimum Gasteiger partial charge on any atom is -0.321 e. The molecule has 2 aromatic carbocycles. The predicted molar refractivity (Wildman–Crippen MR) is 79.8 cm³/mol. The number of carbonyl (C=O) groups excluding carboxylic acids is 1. The van der Waals surface area contributed by atoms with E-state index in [1.807, 2.05) is 29.8 Å². The molecule has 0 spiro atoms. The number of aryl methyl sites for hydroxylation is 1. The highest BCUT2D eigenvalue weighted by Gasteiger charge is 2.10. The van der Waals surface area contributed by atoms with E-state index in [0.717, 1.165) is 17.4 Å². The van der Waals surface area contributed by atoms with Crippen LogP contribution in [0.4, 0.5) is 10.1 Å². The number of aromatic nitrogens is 2. The third kappa shape index (κ3) is 2.50. The maximum Gasteiger partial charge on any atom is 0.255 e. The van der Waals surface area contributed by atoms with Gasteiger partial charge in [0.2, 0.25) is 0 Å². The van der Waals surface area contributed by atoms with Crippen molar-refractivity contribution in [1.82, 2.24) is 9.78 Å². The van der Waals surface area contributed by atoms with E-state index in [9.17, 15) is 9.18 Å². The van der Waals surface area contributed by atoms with Crippen LogP contribution in [0.5, 0.6) is 0 Å². The molecule has 0 aliphatic rings. The second-order valence-electron chi connectivity index (χ2n) is 4.66. The summed E-state index contributed by atoms with van der Waals surface area (Å²) >= 11 is 0. The van der Waals surface area contributed by atoms with Crippen LogP contribution in [0.3, 0.4) is 0 Å². The summed E-state index contributed by atoms with van der Waals surface area (Å²) in [6, 6.07) is 11.1. The van der Waals surface area contributed by atoms with Gasteiger partial charge in [0, 0.05) is 17.5 Å². The normalized spacial score (nSPS) is 10.8. The van der Waals surface area contributed by atoms with E-state index in [-0.39, 0.29) is 11.7 Å². The van der Waals surface area contributed by atoms with Crippen molar-refractivity contribution in [3.8, 4) is 0 Å². The lowest BCUT2D eigenvalue weighted by atomic mass is 10.2. The molecule has 0 saturated carbocycles. The molecule has 0 fully saturated rings. The quantitative estimate of drug-likeness (QED) is 0.800. The van der Waals surface area contributed by atoms with Crippen molar-refractivity contribution in [3.63, 3.8) is 0 Å². The van der Waals surface area contributed by atoms with Crippen LogP contribution in [0.2, 0.25) is 0 Å². The molecule has 5 heteroatoms. The number of amides is 1. The van der Waals surface area contributed by atoms with Crippen molar-refractivity contribution >= 4 is 22.5 Å². The molecule has 0 unspecified atom stereocenters. The van der Waals surface area contributed by atoms with Crippen LogP contribution in [0.1, 0.15) is 17.3 Å². The molecular formula is C16H14FN3O. The Bertz CT molecular complexity index is 793. The second kappa shape index (κ2) is 5.36. The molecule has 0 aliphatic carbocycles. The first kappa shape index (κ1) is 13.3. The van der Waals surface area contributed by atoms with Gasteiger partial charge < -0.3 is 5.32 Å². The molecule has 1 N–H and O–H groups in total. The Labute approximate surface area is 121 Å². The molecule has 1 amide bonds. The van der Waals surface area contributed by atoms with Crippen molar-refractivity contribution in [2.75, 3.05) is 5.32 Å². The number of hydrogen-bond donors (Lipinski definition) is 1. The van der Waals surface area contributed by atoms with Gasteiger partial charge in [-0.25, -0.2) is 4.39 Å². The Morgan fingerprint density at radius 3 is 2.71 bits per heavy atom. The van der Waals surface area contributed by atoms with E-state index in [0.29, 0.717) is 11.3 Å². The fourth-order valence-corrected chi connectivity index (χ4v) is 2.26. The summed E-state index contributed by atoms with van der Waals surface area (Å²) in [5.74, 6) is -0.635. The number of benzene rings is 2. The van der Waals surface area contributed by atoms with Crippen molar-refractivity contribution in [2.24, 2.45) is 0 Å². The zero-order chi connectivity index (χ0) is 14.8. The summed E-state index contributed by atoms with van der Waals surface area (Å²) in [5, 5.41) is 8.01. The summed E-state index contributed by atoms with van der Waals surface area (Å²) in [5.41, 5.74) is 2.08. The van der Waals surface area contributed by atoms with Crippen molar-refractivity contribution in [2.45, 2.75) is 13.5 Å². The van der Waals surface area contributed by atoms with E-state index in [4.69, 9.17) is 0 Å². The van der Waals surface area contributed by atoms with Gasteiger partial charge in [-0.2, -0.15) is 5.10 Å². The molecule has 106 valence electrons. The van der Waals surface area contributed by atoms with Crippen LogP contribution in [0.25, 0.3) is 10.9 Å². The zero-order valence-electron chi connectivity index (χ0n) is 11.5. The summed E-state index contributed by atoms with van der Waals surface area (Å²) in [6.07, 6.45) is 1.74. The minimum absolute atomic E-state index is 0.272. The number of nitrogens with one attached hydrogen (secondary N) is 1. The lowest BCUT2D eigenvalue weighted by Gasteiger charge is -2.07. The van der Waals surface area contributed by atoms with E-state index in [1.54, 1.807) is 6.20 Å². The molecule has 0 aliphatic heterocycles. The number of rotatable bonds is 3. The Kier molecular flexibility index (Phi) is 3.39. The van der Waals surface area contributed by atoms with E-state index in [1.165, 1.54) is 24.3 Å². The first-order chi connectivity index (χ1) is 10.2. The Hall–Kier alpha value is -2.69. The summed E-state index contributed by atoms with van der Waals surface area (Å²) < 4.78 is 14.7. The highest BCUT2D eigenvalue weighted by Crippen LogP contribution is 2.23. The molecule has 0 radical (unpaired) electrons. The first-order valence-corrected chi connectivity index (χ1v) is 6.70. The monoisotopic (exact) mass is 283 g/mol. The van der Waals surface area contributed by atoms with Gasteiger partial charge >= 0.3 is 0 Å². The standard InChI is InChI=1S/C16H14FN3O/c1-2-20-15-5-3-4-14(13(15)10-18-20)19-16(21)11-6-8-12(17)9-7-11/h3-10H,2H2,1H3,(H,19,21). The maximum absolute atomic E-state index is 12.9. The second-order valence-corrected chi connectivity index (χ2v) is 4.66. The average Bonchev–Trinajstić information content (AvgIpc) is 2.92. The van der Waals surface area contributed by atoms with Gasteiger partial charge in [-0.1, -0.05) is 6.07 Å². The van der Waals surface area contributed by atoms with E-state index in [2.05, 4.69) is 10.4 Å². The van der Waals surface area contributed by atoms with Crippen LogP contribution in [-0.4, -0.2) is 15.7 Å². The molecular weight excluding hydrogens is 269 g/mol. The average molecular weight is 283 g/mol. The zero-order valence-corrected chi connectivity index (χ0v) is 11.5. The SMILES string of the molecule is CCn1ncc2c(NC(=O)c3ccc(F)cc3)cccc21. The van der Waals surface area contributed by atoms with E-state index < -0.39 is 0 Å². The molecule has 0 saturated heterocycles. The number of carbonyl (C=O) groups is 1. The van der Waals surface area contributed by atoms with Crippen LogP contribution in [0, 0.1) is 5.82 Å². The smallest absolute Gasteiger partial charge is 0.255 e. The molecule has 4 nitrogen and oxygen atoms in total. The minimum atomic E-state index is -0.363. The van der Waals surface area contributed by atoms with Crippen LogP contribution in [0.15, 0.2) is 48.7 Å². The fourth-order valence-electron chi connectivity index (χ4n) is 2.26. The number of hydrogen-bond acceptors (Lipinski definition) is 2. The Balaban J connectivity index is 1.93. The van der Waals surface area contributed by atoms with Crippen molar-refractivity contribution in [3.05, 3.63) is 60.0 Å². The van der Waals surface area contributed by atoms with Gasteiger partial charge in [0.15, 0.2) is 0 Å². The van der Waals surface area contributed by atoms with Gasteiger partial charge in [0.25, 0.3) is 5.91 Å². The number of anilines is 1. The fraction of sp³-hybridized carbons (Fsp3) is 0.125. The van der Waals surface area contributed by atoms with Gasteiger partial charge in [-0.15, -0.1) is 0 Å². The Morgan fingerprint density at radius 2 is 2.00 bits per heavy atom. The van der Waals surface area contributed by atoms with Crippen molar-refractivity contribution < 1.29 is 9.18 Å². The molecule has 0 bridgehead atoms. The summed E-state index contributed by atoms with van der Waals surface area (Å²) in [7, 11) is 0. The first-order valence-electron chi connectivity index (χ1n) is 6.70. The third-order valence-electron chi connectivity index (χ3n) is 3.34. The summed E-state index contributed by atoms with van der Waals surface area (Å²) in [6.45, 7) is 2.77. The predicted octanol–water partition coefficient (Wildman–Crippen LogP) is 3.45. The lowest BCUT2D eigenvalue weighted by molar-refractivity contribution is 0.102. The van der Waals surface area contributed by atoms with Gasteiger partial charge in [-0.05, 0) is 43.3 Å². The highest BCUT2D eigenvalue weighted by molar-refractivity contribution is 6.08. The van der Waals surface area contributed by atoms with Gasteiger partial charge in [0.1, 0.15) is 5.82 Å². The number of fused-ring (bicyclic) bond motifs is 1. The van der Waals surface area contributed by atoms with E-state index >= 15 is 0 Å². The summed E-state index contributed by atoms with van der Waals surface area (Å²) in [4.78, 5) is 12.2. The number of nitrogens with zero attached hydrogens (tertiary/aromatic N) is 2. The molecule has 0 atom stereocenters. The van der Waals surface area contributed by atoms with Crippen LogP contribution >= 0.6 is 0 Å².